The Morgan fingerprint density at radius 1 is 0.909 bits per heavy atom. The topological polar surface area (TPSA) is 66.8 Å². The summed E-state index contributed by atoms with van der Waals surface area (Å²) >= 11 is 0. The highest BCUT2D eigenvalue weighted by Crippen LogP contribution is 2.79. The average Bonchev–Trinajstić information content (AvgIpc) is 3.51. The quantitative estimate of drug-likeness (QED) is 0.283. The fourth-order valence-corrected chi connectivity index (χ4v) is 11.4. The minimum Gasteiger partial charge on any atom is -0.440 e. The van der Waals surface area contributed by atoms with Crippen LogP contribution in [-0.4, -0.2) is 46.7 Å². The maximum atomic E-state index is 14.9. The van der Waals surface area contributed by atoms with Gasteiger partial charge < -0.3 is 14.7 Å². The van der Waals surface area contributed by atoms with Crippen molar-refractivity contribution >= 4 is 11.9 Å². The summed E-state index contributed by atoms with van der Waals surface area (Å²) in [4.78, 5) is 29.9. The molecule has 2 bridgehead atoms. The Morgan fingerprint density at radius 3 is 2.34 bits per heavy atom. The first kappa shape index (κ1) is 28.3. The van der Waals surface area contributed by atoms with Gasteiger partial charge in [0, 0.05) is 33.9 Å². The highest BCUT2D eigenvalue weighted by molar-refractivity contribution is 6.10. The van der Waals surface area contributed by atoms with Crippen LogP contribution >= 0.6 is 0 Å². The Bertz CT molecular complexity index is 1580. The van der Waals surface area contributed by atoms with E-state index in [0.717, 1.165) is 73.8 Å². The number of carbonyl (C=O) groups is 2. The van der Waals surface area contributed by atoms with Crippen LogP contribution in [0.4, 0.5) is 4.79 Å². The first-order valence-corrected chi connectivity index (χ1v) is 16.9. The zero-order chi connectivity index (χ0) is 30.5. The molecule has 2 aromatic carbocycles. The first-order chi connectivity index (χ1) is 21.1. The lowest BCUT2D eigenvalue weighted by Crippen LogP contribution is -2.67. The van der Waals surface area contributed by atoms with Crippen LogP contribution in [0.5, 0.6) is 0 Å². The summed E-state index contributed by atoms with van der Waals surface area (Å²) in [5, 5.41) is 11.0. The molecule has 1 saturated heterocycles. The molecule has 0 aromatic heterocycles. The predicted octanol–water partition coefficient (Wildman–Crippen LogP) is 8.00. The van der Waals surface area contributed by atoms with Gasteiger partial charge in [-0.25, -0.2) is 4.79 Å². The third-order valence-electron chi connectivity index (χ3n) is 13.7. The van der Waals surface area contributed by atoms with Gasteiger partial charge in [0.2, 0.25) is 0 Å². The fraction of sp³-hybridized carbons (Fsp3) is 0.538. The lowest BCUT2D eigenvalue weighted by atomic mass is 9.32. The highest BCUT2D eigenvalue weighted by Gasteiger charge is 2.76. The van der Waals surface area contributed by atoms with Crippen molar-refractivity contribution in [1.29, 1.82) is 0 Å². The van der Waals surface area contributed by atoms with Crippen molar-refractivity contribution in [3.05, 3.63) is 84.0 Å². The van der Waals surface area contributed by atoms with E-state index in [1.807, 2.05) is 35.2 Å². The molecule has 9 rings (SSSR count). The van der Waals surface area contributed by atoms with Crippen molar-refractivity contribution in [3.63, 3.8) is 0 Å². The smallest absolute Gasteiger partial charge is 0.410 e. The molecular formula is C39H45NO4. The van der Waals surface area contributed by atoms with Crippen LogP contribution in [0.15, 0.2) is 78.4 Å². The molecule has 5 heteroatoms. The van der Waals surface area contributed by atoms with Gasteiger partial charge in [-0.05, 0) is 79.7 Å². The van der Waals surface area contributed by atoms with Gasteiger partial charge >= 0.3 is 6.09 Å². The van der Waals surface area contributed by atoms with Crippen LogP contribution in [0.25, 0.3) is 11.1 Å². The summed E-state index contributed by atoms with van der Waals surface area (Å²) in [5.74, 6) is 0.610. The molecule has 2 aromatic rings. The second kappa shape index (κ2) is 9.42. The van der Waals surface area contributed by atoms with Crippen molar-refractivity contribution in [3.8, 4) is 11.1 Å². The van der Waals surface area contributed by atoms with Gasteiger partial charge in [-0.15, -0.1) is 0 Å². The van der Waals surface area contributed by atoms with Gasteiger partial charge in [0.05, 0.1) is 12.6 Å². The lowest BCUT2D eigenvalue weighted by Gasteiger charge is -2.71. The molecule has 3 spiro atoms. The Hall–Kier alpha value is -3.18. The number of carbonyl (C=O) groups excluding carboxylic acids is 2. The van der Waals surface area contributed by atoms with Crippen LogP contribution in [0.3, 0.4) is 0 Å². The SMILES string of the molecule is CCCN1C[C@@]2(CC[C@H]3[C@]45C=C[C@@]6(C=C4C(=O)c4ccc(-c7ccccc7)cc4)C[C@@H](O)CC[C@]6(C)[C@H]5CC[C@@]32C)OC1=O. The summed E-state index contributed by atoms with van der Waals surface area (Å²) < 4.78 is 6.44. The van der Waals surface area contributed by atoms with E-state index in [2.05, 4.69) is 63.3 Å². The van der Waals surface area contributed by atoms with E-state index < -0.39 is 11.0 Å². The monoisotopic (exact) mass is 591 g/mol. The molecule has 1 heterocycles. The van der Waals surface area contributed by atoms with Gasteiger partial charge in [0.1, 0.15) is 5.60 Å². The number of hydrogen-bond acceptors (Lipinski definition) is 4. The number of nitrogens with zero attached hydrogens (tertiary/aromatic N) is 1. The van der Waals surface area contributed by atoms with Crippen LogP contribution in [0.2, 0.25) is 0 Å². The standard InChI is InChI=1S/C39H45NO4/c1-4-22-40-25-38(44-34(40)43)19-16-32-36(38,3)18-15-31-35(2)17-14-29(41)23-37(35)20-21-39(31,32)30(24-37)33(42)28-12-10-27(11-13-28)26-8-6-5-7-9-26/h5-13,20-21,24,29,31-32,41H,4,14-19,22-23,25H2,1-3H3/t29-,31+,32+,35+,36-,37-,38+,39+/m0/s1. The molecule has 1 aliphatic heterocycles. The molecule has 0 unspecified atom stereocenters. The van der Waals surface area contributed by atoms with Crippen molar-refractivity contribution in [2.75, 3.05) is 13.1 Å². The van der Waals surface area contributed by atoms with Gasteiger partial charge in [-0.2, -0.15) is 0 Å². The third kappa shape index (κ3) is 3.45. The van der Waals surface area contributed by atoms with Crippen molar-refractivity contribution in [2.45, 2.75) is 83.8 Å². The van der Waals surface area contributed by atoms with Crippen LogP contribution in [-0.2, 0) is 4.74 Å². The number of Topliss-reactive ketones (excluding diaryl/α,β-unsaturated/α-hetero) is 1. The van der Waals surface area contributed by atoms with Crippen molar-refractivity contribution < 1.29 is 19.4 Å². The molecule has 4 fully saturated rings. The van der Waals surface area contributed by atoms with E-state index in [1.54, 1.807) is 0 Å². The lowest BCUT2D eigenvalue weighted by molar-refractivity contribution is -0.164. The molecule has 1 N–H and O–H groups in total. The van der Waals surface area contributed by atoms with E-state index in [9.17, 15) is 14.7 Å². The molecular weight excluding hydrogens is 546 g/mol. The van der Waals surface area contributed by atoms with Crippen molar-refractivity contribution in [2.24, 2.45) is 33.5 Å². The van der Waals surface area contributed by atoms with Gasteiger partial charge in [-0.1, -0.05) is 93.6 Å². The number of allylic oxidation sites excluding steroid dienone is 4. The van der Waals surface area contributed by atoms with Gasteiger partial charge in [-0.3, -0.25) is 4.79 Å². The molecule has 6 aliphatic carbocycles. The summed E-state index contributed by atoms with van der Waals surface area (Å²) in [6.45, 7) is 8.30. The molecule has 5 nitrogen and oxygen atoms in total. The van der Waals surface area contributed by atoms with Crippen LogP contribution in [0, 0.1) is 33.5 Å². The number of ketones is 1. The van der Waals surface area contributed by atoms with Crippen LogP contribution in [0.1, 0.15) is 82.5 Å². The Labute approximate surface area is 261 Å². The second-order valence-corrected chi connectivity index (χ2v) is 15.3. The average molecular weight is 592 g/mol. The normalized spacial score (nSPS) is 41.6. The molecule has 230 valence electrons. The largest absolute Gasteiger partial charge is 0.440 e. The van der Waals surface area contributed by atoms with E-state index in [-0.39, 0.29) is 40.1 Å². The Kier molecular flexibility index (Phi) is 6.06. The number of aliphatic hydroxyl groups excluding tert-OH is 1. The molecule has 7 aliphatic rings. The molecule has 0 radical (unpaired) electrons. The van der Waals surface area contributed by atoms with Gasteiger partial charge in [0.25, 0.3) is 0 Å². The minimum absolute atomic E-state index is 0.0282. The van der Waals surface area contributed by atoms with E-state index in [0.29, 0.717) is 18.9 Å². The predicted molar refractivity (Wildman–Crippen MR) is 171 cm³/mol. The zero-order valence-electron chi connectivity index (χ0n) is 26.4. The number of rotatable bonds is 5. The number of fused-ring (bicyclic) bond motifs is 2. The highest BCUT2D eigenvalue weighted by atomic mass is 16.6. The maximum Gasteiger partial charge on any atom is 0.410 e. The maximum absolute atomic E-state index is 14.9. The Morgan fingerprint density at radius 2 is 1.59 bits per heavy atom. The number of ether oxygens (including phenoxy) is 1. The second-order valence-electron chi connectivity index (χ2n) is 15.3. The fourth-order valence-electron chi connectivity index (χ4n) is 11.4. The van der Waals surface area contributed by atoms with E-state index in [4.69, 9.17) is 4.74 Å². The van der Waals surface area contributed by atoms with Crippen molar-refractivity contribution in [1.82, 2.24) is 4.90 Å². The summed E-state index contributed by atoms with van der Waals surface area (Å²) in [6.07, 6.45) is 13.7. The Balaban J connectivity index is 1.24. The number of hydrogen-bond donors (Lipinski definition) is 1. The van der Waals surface area contributed by atoms with E-state index >= 15 is 0 Å². The number of aliphatic hydroxyl groups is 1. The summed E-state index contributed by atoms with van der Waals surface area (Å²) in [5.41, 5.74) is 2.36. The molecule has 44 heavy (non-hydrogen) atoms. The molecule has 1 amide bonds. The number of benzene rings is 2. The third-order valence-corrected chi connectivity index (χ3v) is 13.7. The zero-order valence-corrected chi connectivity index (χ0v) is 26.4. The van der Waals surface area contributed by atoms with Crippen LogP contribution < -0.4 is 0 Å². The van der Waals surface area contributed by atoms with Gasteiger partial charge in [0.15, 0.2) is 5.78 Å². The van der Waals surface area contributed by atoms with E-state index in [1.165, 1.54) is 0 Å². The summed E-state index contributed by atoms with van der Waals surface area (Å²) in [7, 11) is 0. The number of amides is 1. The minimum atomic E-state index is -0.515. The molecule has 8 atom stereocenters. The molecule has 3 saturated carbocycles. The first-order valence-electron chi connectivity index (χ1n) is 16.9. The summed E-state index contributed by atoms with van der Waals surface area (Å²) in [6, 6.07) is 18.4.